The van der Waals surface area contributed by atoms with Crippen LogP contribution in [0.1, 0.15) is 93.6 Å². The number of aromatic amines is 1. The maximum Gasteiger partial charge on any atom is 0.293 e. The number of unbranched alkanes of at least 4 members (excludes halogenated alkanes) is 3. The number of carbonyl (C=O) groups is 5. The van der Waals surface area contributed by atoms with Crippen molar-refractivity contribution >= 4 is 79.3 Å². The zero-order valence-corrected chi connectivity index (χ0v) is 51.4. The fraction of sp³-hybridized carbons (Fsp3) is 0.343. The van der Waals surface area contributed by atoms with Gasteiger partial charge in [-0.2, -0.15) is 0 Å². The van der Waals surface area contributed by atoms with Crippen LogP contribution in [0.15, 0.2) is 126 Å². The molecule has 5 amide bonds. The van der Waals surface area contributed by atoms with Crippen molar-refractivity contribution in [3.63, 3.8) is 0 Å². The third kappa shape index (κ3) is 14.2. The second-order valence-electron chi connectivity index (χ2n) is 23.5. The molecule has 4 N–H and O–H groups in total. The summed E-state index contributed by atoms with van der Waals surface area (Å²) in [4.78, 5) is 91.7. The number of pyridine rings is 1. The highest BCUT2D eigenvalue weighted by Gasteiger charge is 2.45. The van der Waals surface area contributed by atoms with E-state index in [0.717, 1.165) is 96.2 Å². The van der Waals surface area contributed by atoms with Crippen molar-refractivity contribution in [1.29, 1.82) is 0 Å². The molecule has 2 aromatic heterocycles. The van der Waals surface area contributed by atoms with Crippen molar-refractivity contribution in [3.8, 4) is 40.2 Å². The zero-order valence-electron chi connectivity index (χ0n) is 49.8. The van der Waals surface area contributed by atoms with Gasteiger partial charge in [0.05, 0.1) is 39.3 Å². The van der Waals surface area contributed by atoms with Crippen molar-refractivity contribution < 1.29 is 51.5 Å². The number of piperazine rings is 1. The van der Waals surface area contributed by atoms with E-state index in [0.29, 0.717) is 93.4 Å². The summed E-state index contributed by atoms with van der Waals surface area (Å²) in [5, 5.41) is 18.9. The molecule has 24 heteroatoms. The van der Waals surface area contributed by atoms with Crippen LogP contribution in [-0.4, -0.2) is 146 Å². The predicted molar refractivity (Wildman–Crippen MR) is 341 cm³/mol. The molecule has 12 rings (SSSR count). The van der Waals surface area contributed by atoms with E-state index in [1.807, 2.05) is 42.5 Å². The number of amides is 5. The summed E-state index contributed by atoms with van der Waals surface area (Å²) in [5.41, 5.74) is 5.00. The molecular weight excluding hydrogens is 1200 g/mol. The Morgan fingerprint density at radius 2 is 1.63 bits per heavy atom. The molecule has 22 nitrogen and oxygen atoms in total. The Hall–Kier alpha value is -9.18. The smallest absolute Gasteiger partial charge is 0.293 e. The number of piperidine rings is 1. The normalized spacial score (nSPS) is 17.5. The lowest BCUT2D eigenvalue weighted by Crippen LogP contribution is -2.54. The van der Waals surface area contributed by atoms with Crippen LogP contribution in [-0.2, 0) is 30.9 Å². The van der Waals surface area contributed by atoms with Crippen LogP contribution in [0.5, 0.6) is 17.2 Å². The third-order valence-corrected chi connectivity index (χ3v) is 18.9. The summed E-state index contributed by atoms with van der Waals surface area (Å²) in [7, 11) is -4.62. The number of likely N-dealkylation sites (tertiary alicyclic amines) is 1. The molecule has 5 aliphatic rings. The first kappa shape index (κ1) is 62.0. The highest BCUT2D eigenvalue weighted by Crippen LogP contribution is 2.37. The van der Waals surface area contributed by atoms with E-state index in [4.69, 9.17) is 25.8 Å². The lowest BCUT2D eigenvalue weighted by atomic mass is 9.97. The van der Waals surface area contributed by atoms with E-state index in [1.165, 1.54) is 24.4 Å². The molecule has 0 aliphatic carbocycles. The van der Waals surface area contributed by atoms with Gasteiger partial charge in [0, 0.05) is 130 Å². The molecule has 1 atom stereocenters. The van der Waals surface area contributed by atoms with Crippen LogP contribution in [0.2, 0.25) is 5.02 Å². The number of imide groups is 2. The van der Waals surface area contributed by atoms with Crippen molar-refractivity contribution in [1.82, 2.24) is 34.7 Å². The number of aromatic nitrogens is 2. The Morgan fingerprint density at radius 1 is 0.835 bits per heavy atom. The second-order valence-corrected chi connectivity index (χ2v) is 25.6. The summed E-state index contributed by atoms with van der Waals surface area (Å²) in [6.07, 6.45) is 8.45. The van der Waals surface area contributed by atoms with Crippen LogP contribution >= 0.6 is 11.6 Å². The molecule has 4 fully saturated rings. The fourth-order valence-electron chi connectivity index (χ4n) is 12.3. The molecule has 7 aromatic rings. The van der Waals surface area contributed by atoms with Crippen molar-refractivity contribution in [2.75, 3.05) is 82.4 Å². The van der Waals surface area contributed by atoms with Crippen LogP contribution in [0.3, 0.4) is 0 Å². The summed E-state index contributed by atoms with van der Waals surface area (Å²) < 4.78 is 48.4. The van der Waals surface area contributed by atoms with E-state index >= 15 is 0 Å². The minimum Gasteiger partial charge on any atom is -0.493 e. The van der Waals surface area contributed by atoms with Crippen LogP contribution in [0.4, 0.5) is 17.1 Å². The van der Waals surface area contributed by atoms with Gasteiger partial charge in [-0.05, 0) is 122 Å². The summed E-state index contributed by atoms with van der Waals surface area (Å²) in [6, 6.07) is 30.0. The van der Waals surface area contributed by atoms with Gasteiger partial charge in [-0.3, -0.25) is 49.2 Å². The van der Waals surface area contributed by atoms with Gasteiger partial charge in [-0.1, -0.05) is 60.2 Å². The maximum atomic E-state index is 14.1. The number of nitrogens with zero attached hydrogens (tertiary/aromatic N) is 6. The molecule has 0 radical (unpaired) electrons. The van der Waals surface area contributed by atoms with E-state index in [1.54, 1.807) is 42.6 Å². The van der Waals surface area contributed by atoms with Crippen molar-refractivity contribution in [3.05, 3.63) is 165 Å². The molecule has 7 heterocycles. The molecule has 4 saturated heterocycles. The van der Waals surface area contributed by atoms with Gasteiger partial charge in [0.2, 0.25) is 11.8 Å². The Bertz CT molecular complexity index is 4130. The first-order valence-electron chi connectivity index (χ1n) is 30.6. The molecule has 0 saturated carbocycles. The molecule has 91 heavy (non-hydrogen) atoms. The van der Waals surface area contributed by atoms with E-state index in [9.17, 15) is 42.5 Å². The predicted octanol–water partition coefficient (Wildman–Crippen LogP) is 9.19. The number of anilines is 2. The molecule has 0 bridgehead atoms. The average Bonchev–Trinajstić information content (AvgIpc) is 1.64. The van der Waals surface area contributed by atoms with Gasteiger partial charge in [-0.25, -0.2) is 18.1 Å². The van der Waals surface area contributed by atoms with Crippen LogP contribution in [0, 0.1) is 33.8 Å². The number of hydrogen-bond donors (Lipinski definition) is 4. The topological polar surface area (TPSA) is 268 Å². The Balaban J connectivity index is 0.658. The average molecular weight is 1270 g/mol. The van der Waals surface area contributed by atoms with Gasteiger partial charge >= 0.3 is 0 Å². The van der Waals surface area contributed by atoms with Gasteiger partial charge < -0.3 is 34.3 Å². The number of nitro groups is 1. The monoisotopic (exact) mass is 1270 g/mol. The lowest BCUT2D eigenvalue weighted by molar-refractivity contribution is -0.384. The Kier molecular flexibility index (Phi) is 18.8. The number of fused-ring (bicyclic) bond motifs is 2. The third-order valence-electron chi connectivity index (χ3n) is 17.3. The van der Waals surface area contributed by atoms with E-state index in [-0.39, 0.29) is 46.9 Å². The maximum absolute atomic E-state index is 14.1. The molecular formula is C67H67ClN10O12S. The molecule has 5 aromatic carbocycles. The number of benzene rings is 5. The van der Waals surface area contributed by atoms with E-state index < -0.39 is 61.1 Å². The highest BCUT2D eigenvalue weighted by molar-refractivity contribution is 7.90. The Morgan fingerprint density at radius 3 is 2.42 bits per heavy atom. The standard InChI is InChI=1S/C67H67ClN10O12S/c68-48-15-13-45(14-16-48)52-10-7-12-59(89-42-44-39-75(40-44)27-5-3-1-2-4-8-46-9-6-11-54-62(46)67(83)77(66(54)82)57-21-22-61(79)72-65(57)81)55(52)41-74-28-30-76(31-29-74)49-17-19-53(60(35-49)90-50-34-47-23-26-69-63(47)71-38-50)64(80)73-91(86,87)51-18-20-56(58(36-51)78(84)85)70-37-43-24-32-88-33-25-43/h6-7,9-20,23,26,34-36,38,43-44,57,70H,1-3,5,21-22,24-25,27-33,37,39-42H2,(H,69,71)(H,73,80)(H,72,79,81). The number of sulfonamides is 1. The summed E-state index contributed by atoms with van der Waals surface area (Å²) in [6.45, 7) is 8.17. The van der Waals surface area contributed by atoms with Gasteiger partial charge in [-0.15, -0.1) is 0 Å². The first-order chi connectivity index (χ1) is 44.1. The molecule has 0 spiro atoms. The van der Waals surface area contributed by atoms with Gasteiger partial charge in [0.1, 0.15) is 34.6 Å². The van der Waals surface area contributed by atoms with Gasteiger partial charge in [0.15, 0.2) is 0 Å². The minimum atomic E-state index is -4.62. The summed E-state index contributed by atoms with van der Waals surface area (Å²) in [5.74, 6) is 4.89. The van der Waals surface area contributed by atoms with Crippen LogP contribution < -0.4 is 29.7 Å². The number of hydrogen-bond acceptors (Lipinski definition) is 17. The van der Waals surface area contributed by atoms with E-state index in [2.05, 4.69) is 57.9 Å². The molecule has 5 aliphatic heterocycles. The van der Waals surface area contributed by atoms with Crippen molar-refractivity contribution in [2.45, 2.75) is 68.8 Å². The number of H-pyrrole nitrogens is 1. The zero-order chi connectivity index (χ0) is 63.2. The second kappa shape index (κ2) is 27.5. The summed E-state index contributed by atoms with van der Waals surface area (Å²) >= 11 is 6.37. The van der Waals surface area contributed by atoms with Gasteiger partial charge in [0.25, 0.3) is 33.4 Å². The quantitative estimate of drug-likeness (QED) is 0.0162. The SMILES string of the molecule is O=C1CCC(N2C(=O)c3cccc(C#CCCCCCN4CC(COc5cccc(-c6ccc(Cl)cc6)c5CN5CCN(c6ccc(C(=O)NS(=O)(=O)c7ccc(NCC8CCOCC8)c([N+](=O)[O-])c7)c(Oc7cnc8[nH]ccc8c7)c6)CC5)C4)c3C2=O)C(=O)N1. The highest BCUT2D eigenvalue weighted by atomic mass is 35.5. The number of carbonyl (C=O) groups excluding carboxylic acids is 5. The molecule has 470 valence electrons. The van der Waals surface area contributed by atoms with Crippen molar-refractivity contribution in [2.24, 2.45) is 11.8 Å². The lowest BCUT2D eigenvalue weighted by Gasteiger charge is -2.39. The number of nitrogens with one attached hydrogen (secondary N) is 4. The Labute approximate surface area is 530 Å². The first-order valence-corrected chi connectivity index (χ1v) is 32.4. The number of ether oxygens (including phenoxy) is 3. The minimum absolute atomic E-state index is 0.0511. The number of nitro benzene ring substituents is 1. The largest absolute Gasteiger partial charge is 0.493 e. The number of rotatable bonds is 22. The van der Waals surface area contributed by atoms with Crippen LogP contribution in [0.25, 0.3) is 22.2 Å². The fourth-order valence-corrected chi connectivity index (χ4v) is 13.4. The molecule has 1 unspecified atom stereocenters. The number of halogens is 1.